The number of imidazole rings is 1. The molecule has 0 atom stereocenters. The van der Waals surface area contributed by atoms with Gasteiger partial charge in [-0.1, -0.05) is 6.07 Å². The number of alkyl halides is 2. The van der Waals surface area contributed by atoms with Gasteiger partial charge in [-0.15, -0.1) is 0 Å². The van der Waals surface area contributed by atoms with Gasteiger partial charge in [-0.05, 0) is 12.1 Å². The van der Waals surface area contributed by atoms with Gasteiger partial charge in [0.05, 0.1) is 6.20 Å². The highest BCUT2D eigenvalue weighted by Gasteiger charge is 2.26. The molecule has 3 rings (SSSR count). The summed E-state index contributed by atoms with van der Waals surface area (Å²) in [7, 11) is 0. The molecule has 1 aromatic carbocycles. The summed E-state index contributed by atoms with van der Waals surface area (Å²) in [5, 5.41) is 1.96. The number of hydrogen-bond acceptors (Lipinski definition) is 3. The Hall–Kier alpha value is -2.97. The minimum atomic E-state index is -3.04. The Labute approximate surface area is 126 Å². The van der Waals surface area contributed by atoms with Gasteiger partial charge in [-0.2, -0.15) is 0 Å². The van der Waals surface area contributed by atoms with Gasteiger partial charge in [0.2, 0.25) is 0 Å². The molecule has 0 radical (unpaired) electrons. The largest absolute Gasteiger partial charge is 0.316 e. The van der Waals surface area contributed by atoms with Gasteiger partial charge in [0, 0.05) is 12.4 Å². The van der Waals surface area contributed by atoms with E-state index in [9.17, 15) is 22.4 Å². The van der Waals surface area contributed by atoms with Crippen molar-refractivity contribution in [3.63, 3.8) is 0 Å². The first kappa shape index (κ1) is 14.9. The summed E-state index contributed by atoms with van der Waals surface area (Å²) in [4.78, 5) is 19.6. The van der Waals surface area contributed by atoms with Crippen LogP contribution in [0.3, 0.4) is 0 Å². The normalized spacial score (nSPS) is 11.2. The van der Waals surface area contributed by atoms with Crippen molar-refractivity contribution in [1.29, 1.82) is 0 Å². The van der Waals surface area contributed by atoms with Crippen LogP contribution in [0.2, 0.25) is 0 Å². The minimum Gasteiger partial charge on any atom is -0.316 e. The Balaban J connectivity index is 2.09. The Morgan fingerprint density at radius 3 is 2.57 bits per heavy atom. The molecule has 0 saturated heterocycles. The lowest BCUT2D eigenvalue weighted by Gasteiger charge is -2.08. The number of carbonyl (C=O) groups excluding carboxylic acids is 1. The Morgan fingerprint density at radius 1 is 1.22 bits per heavy atom. The quantitative estimate of drug-likeness (QED) is 0.753. The van der Waals surface area contributed by atoms with Crippen molar-refractivity contribution in [1.82, 2.24) is 14.4 Å². The second-order valence-corrected chi connectivity index (χ2v) is 4.50. The number of fused-ring (bicyclic) bond motifs is 1. The number of rotatable bonds is 3. The fraction of sp³-hybridized carbons (Fsp3) is 0.0714. The molecule has 23 heavy (non-hydrogen) atoms. The van der Waals surface area contributed by atoms with E-state index in [2.05, 4.69) is 9.97 Å². The lowest BCUT2D eigenvalue weighted by Crippen LogP contribution is -2.18. The van der Waals surface area contributed by atoms with Gasteiger partial charge in [0.1, 0.15) is 28.7 Å². The highest BCUT2D eigenvalue weighted by atomic mass is 19.3. The van der Waals surface area contributed by atoms with E-state index in [0.717, 1.165) is 22.6 Å². The summed E-state index contributed by atoms with van der Waals surface area (Å²) >= 11 is 0. The minimum absolute atomic E-state index is 0.0157. The van der Waals surface area contributed by atoms with Crippen molar-refractivity contribution in [3.05, 3.63) is 59.8 Å². The number of halogens is 4. The lowest BCUT2D eigenvalue weighted by atomic mass is 10.2. The van der Waals surface area contributed by atoms with E-state index in [1.165, 1.54) is 18.6 Å². The molecular formula is C14H8F4N4O. The van der Waals surface area contributed by atoms with Crippen LogP contribution in [0.5, 0.6) is 0 Å². The lowest BCUT2D eigenvalue weighted by molar-refractivity contribution is 0.0999. The van der Waals surface area contributed by atoms with Crippen LogP contribution >= 0.6 is 0 Å². The number of nitrogens with zero attached hydrogens (tertiary/aromatic N) is 3. The van der Waals surface area contributed by atoms with Crippen molar-refractivity contribution in [2.45, 2.75) is 6.43 Å². The van der Waals surface area contributed by atoms with Crippen LogP contribution < -0.4 is 5.32 Å². The van der Waals surface area contributed by atoms with Crippen LogP contribution in [0, 0.1) is 11.6 Å². The summed E-state index contributed by atoms with van der Waals surface area (Å²) in [6, 6.07) is 2.99. The molecule has 0 spiro atoms. The van der Waals surface area contributed by atoms with Crippen molar-refractivity contribution in [3.8, 4) is 0 Å². The molecule has 0 aliphatic heterocycles. The third-order valence-corrected chi connectivity index (χ3v) is 3.08. The molecule has 1 N–H and O–H groups in total. The van der Waals surface area contributed by atoms with E-state index >= 15 is 0 Å². The number of anilines is 1. The molecule has 0 bridgehead atoms. The van der Waals surface area contributed by atoms with Gasteiger partial charge in [0.25, 0.3) is 12.3 Å². The van der Waals surface area contributed by atoms with Crippen molar-refractivity contribution in [2.24, 2.45) is 0 Å². The number of carbonyl (C=O) groups is 1. The third kappa shape index (κ3) is 2.60. The summed E-state index contributed by atoms with van der Waals surface area (Å²) in [5.74, 6) is -3.15. The SMILES string of the molecule is O=C(Nc1c(F)cccc1F)c1c(C(F)F)nc2cnccn12. The Morgan fingerprint density at radius 2 is 1.91 bits per heavy atom. The maximum Gasteiger partial charge on any atom is 0.282 e. The van der Waals surface area contributed by atoms with Gasteiger partial charge in [0.15, 0.2) is 5.65 Å². The average Bonchev–Trinajstić information content (AvgIpc) is 2.91. The van der Waals surface area contributed by atoms with Crippen LogP contribution in [0.25, 0.3) is 5.65 Å². The highest BCUT2D eigenvalue weighted by Crippen LogP contribution is 2.25. The van der Waals surface area contributed by atoms with Crippen LogP contribution in [0.1, 0.15) is 22.6 Å². The summed E-state index contributed by atoms with van der Waals surface area (Å²) in [6.45, 7) is 0. The maximum absolute atomic E-state index is 13.6. The van der Waals surface area contributed by atoms with E-state index in [4.69, 9.17) is 0 Å². The topological polar surface area (TPSA) is 59.3 Å². The third-order valence-electron chi connectivity index (χ3n) is 3.08. The van der Waals surface area contributed by atoms with Crippen LogP contribution in [0.4, 0.5) is 23.2 Å². The van der Waals surface area contributed by atoms with Crippen molar-refractivity contribution >= 4 is 17.2 Å². The monoisotopic (exact) mass is 324 g/mol. The van der Waals surface area contributed by atoms with Gasteiger partial charge < -0.3 is 5.32 Å². The molecular weight excluding hydrogens is 316 g/mol. The predicted octanol–water partition coefficient (Wildman–Crippen LogP) is 3.20. The Kier molecular flexibility index (Phi) is 3.68. The van der Waals surface area contributed by atoms with E-state index < -0.39 is 41.0 Å². The fourth-order valence-corrected chi connectivity index (χ4v) is 2.09. The number of amides is 1. The summed E-state index contributed by atoms with van der Waals surface area (Å²) in [6.07, 6.45) is 0.665. The molecule has 9 heteroatoms. The van der Waals surface area contributed by atoms with Crippen LogP contribution in [0.15, 0.2) is 36.8 Å². The molecule has 0 fully saturated rings. The molecule has 0 saturated carbocycles. The zero-order valence-electron chi connectivity index (χ0n) is 11.3. The van der Waals surface area contributed by atoms with E-state index in [-0.39, 0.29) is 5.65 Å². The number of hydrogen-bond donors (Lipinski definition) is 1. The number of nitrogens with one attached hydrogen (secondary N) is 1. The van der Waals surface area contributed by atoms with Crippen LogP contribution in [-0.2, 0) is 0 Å². The summed E-state index contributed by atoms with van der Waals surface area (Å²) in [5.41, 5.74) is -2.02. The molecule has 0 aliphatic rings. The second kappa shape index (κ2) is 5.67. The fourth-order valence-electron chi connectivity index (χ4n) is 2.09. The first-order chi connectivity index (χ1) is 11.0. The van der Waals surface area contributed by atoms with Crippen LogP contribution in [-0.4, -0.2) is 20.3 Å². The molecule has 3 aromatic rings. The Bertz CT molecular complexity index is 873. The second-order valence-electron chi connectivity index (χ2n) is 4.50. The highest BCUT2D eigenvalue weighted by molar-refractivity contribution is 6.04. The molecule has 0 unspecified atom stereocenters. The average molecular weight is 324 g/mol. The molecule has 118 valence electrons. The number of para-hydroxylation sites is 1. The zero-order chi connectivity index (χ0) is 16.6. The van der Waals surface area contributed by atoms with E-state index in [0.29, 0.717) is 0 Å². The smallest absolute Gasteiger partial charge is 0.282 e. The van der Waals surface area contributed by atoms with Gasteiger partial charge in [-0.25, -0.2) is 22.5 Å². The van der Waals surface area contributed by atoms with Crippen molar-refractivity contribution < 1.29 is 22.4 Å². The first-order valence-electron chi connectivity index (χ1n) is 6.34. The predicted molar refractivity (Wildman–Crippen MR) is 72.3 cm³/mol. The standard InChI is InChI=1S/C14H8F4N4O/c15-7-2-1-3-8(16)10(7)21-14(23)12-11(13(17)18)20-9-6-19-4-5-22(9)12/h1-6,13H,(H,21,23). The van der Waals surface area contributed by atoms with Gasteiger partial charge in [-0.3, -0.25) is 14.2 Å². The van der Waals surface area contributed by atoms with Crippen molar-refractivity contribution in [2.75, 3.05) is 5.32 Å². The molecule has 2 aromatic heterocycles. The van der Waals surface area contributed by atoms with E-state index in [1.807, 2.05) is 5.32 Å². The van der Waals surface area contributed by atoms with E-state index in [1.54, 1.807) is 0 Å². The number of aromatic nitrogens is 3. The molecule has 5 nitrogen and oxygen atoms in total. The molecule has 0 aliphatic carbocycles. The first-order valence-corrected chi connectivity index (χ1v) is 6.34. The summed E-state index contributed by atoms with van der Waals surface area (Å²) < 4.78 is 54.5. The zero-order valence-corrected chi connectivity index (χ0v) is 11.3. The molecule has 2 heterocycles. The molecule has 1 amide bonds. The maximum atomic E-state index is 13.6. The number of benzene rings is 1. The van der Waals surface area contributed by atoms with Gasteiger partial charge >= 0.3 is 0 Å².